The van der Waals surface area contributed by atoms with Gasteiger partial charge in [-0.15, -0.1) is 0 Å². The Balaban J connectivity index is 2.01. The van der Waals surface area contributed by atoms with Gasteiger partial charge < -0.3 is 9.64 Å². The average Bonchev–Trinajstić information content (AvgIpc) is 2.55. The molecule has 0 atom stereocenters. The van der Waals surface area contributed by atoms with Crippen LogP contribution in [-0.2, 0) is 0 Å². The van der Waals surface area contributed by atoms with E-state index >= 15 is 0 Å². The summed E-state index contributed by atoms with van der Waals surface area (Å²) in [5.41, 5.74) is 1.89. The lowest BCUT2D eigenvalue weighted by Crippen LogP contribution is -2.19. The van der Waals surface area contributed by atoms with Crippen LogP contribution in [0.15, 0.2) is 54.6 Å². The third-order valence-electron chi connectivity index (χ3n) is 3.38. The van der Waals surface area contributed by atoms with Crippen molar-refractivity contribution in [2.75, 3.05) is 27.2 Å². The molecule has 0 saturated carbocycles. The van der Waals surface area contributed by atoms with Crippen LogP contribution in [-0.4, -0.2) is 42.1 Å². The van der Waals surface area contributed by atoms with Gasteiger partial charge in [0, 0.05) is 12.1 Å². The van der Waals surface area contributed by atoms with E-state index in [0.29, 0.717) is 18.3 Å². The van der Waals surface area contributed by atoms with Gasteiger partial charge in [-0.1, -0.05) is 42.5 Å². The zero-order valence-corrected chi connectivity index (χ0v) is 12.9. The SMILES string of the molecule is CN(C)CCOc1nc(-c2ccccc2)nc2ccccc12. The van der Waals surface area contributed by atoms with Crippen molar-refractivity contribution in [3.05, 3.63) is 54.6 Å². The molecule has 4 nitrogen and oxygen atoms in total. The maximum Gasteiger partial charge on any atom is 0.225 e. The van der Waals surface area contributed by atoms with Gasteiger partial charge in [-0.2, -0.15) is 4.98 Å². The molecule has 112 valence electrons. The molecule has 0 fully saturated rings. The van der Waals surface area contributed by atoms with E-state index in [-0.39, 0.29) is 0 Å². The highest BCUT2D eigenvalue weighted by Crippen LogP contribution is 2.26. The monoisotopic (exact) mass is 293 g/mol. The van der Waals surface area contributed by atoms with Crippen LogP contribution in [0.1, 0.15) is 0 Å². The van der Waals surface area contributed by atoms with Gasteiger partial charge in [-0.3, -0.25) is 0 Å². The quantitative estimate of drug-likeness (QED) is 0.724. The molecule has 3 aromatic rings. The first-order chi connectivity index (χ1) is 10.7. The van der Waals surface area contributed by atoms with Gasteiger partial charge in [0.15, 0.2) is 5.82 Å². The van der Waals surface area contributed by atoms with Crippen molar-refractivity contribution in [2.24, 2.45) is 0 Å². The molecule has 0 bridgehead atoms. The maximum atomic E-state index is 5.90. The highest BCUT2D eigenvalue weighted by atomic mass is 16.5. The Hall–Kier alpha value is -2.46. The van der Waals surface area contributed by atoms with Crippen LogP contribution in [0.3, 0.4) is 0 Å². The molecule has 0 saturated heterocycles. The number of nitrogens with zero attached hydrogens (tertiary/aromatic N) is 3. The summed E-state index contributed by atoms with van der Waals surface area (Å²) in [7, 11) is 4.05. The standard InChI is InChI=1S/C18H19N3O/c1-21(2)12-13-22-18-15-10-6-7-11-16(15)19-17(20-18)14-8-4-3-5-9-14/h3-11H,12-13H2,1-2H3. The van der Waals surface area contributed by atoms with Crippen molar-refractivity contribution in [1.29, 1.82) is 0 Å². The highest BCUT2D eigenvalue weighted by molar-refractivity contribution is 5.85. The molecule has 0 amide bonds. The molecule has 0 radical (unpaired) electrons. The van der Waals surface area contributed by atoms with E-state index in [2.05, 4.69) is 14.9 Å². The van der Waals surface area contributed by atoms with Crippen molar-refractivity contribution in [3.63, 3.8) is 0 Å². The first-order valence-corrected chi connectivity index (χ1v) is 7.34. The molecule has 0 unspecified atom stereocenters. The van der Waals surface area contributed by atoms with Gasteiger partial charge in [-0.25, -0.2) is 4.98 Å². The third-order valence-corrected chi connectivity index (χ3v) is 3.38. The van der Waals surface area contributed by atoms with Gasteiger partial charge >= 0.3 is 0 Å². The number of fused-ring (bicyclic) bond motifs is 1. The Labute approximate surface area is 130 Å². The summed E-state index contributed by atoms with van der Waals surface area (Å²) in [4.78, 5) is 11.3. The number of benzene rings is 2. The van der Waals surface area contributed by atoms with E-state index in [1.54, 1.807) is 0 Å². The van der Waals surface area contributed by atoms with Gasteiger partial charge in [0.05, 0.1) is 10.9 Å². The number of rotatable bonds is 5. The van der Waals surface area contributed by atoms with Crippen molar-refractivity contribution >= 4 is 10.9 Å². The van der Waals surface area contributed by atoms with E-state index < -0.39 is 0 Å². The second-order valence-corrected chi connectivity index (χ2v) is 5.39. The molecule has 22 heavy (non-hydrogen) atoms. The number of aromatic nitrogens is 2. The number of para-hydroxylation sites is 1. The lowest BCUT2D eigenvalue weighted by Gasteiger charge is -2.13. The van der Waals surface area contributed by atoms with E-state index in [0.717, 1.165) is 23.0 Å². The fourth-order valence-electron chi connectivity index (χ4n) is 2.20. The van der Waals surface area contributed by atoms with Crippen molar-refractivity contribution in [2.45, 2.75) is 0 Å². The lowest BCUT2D eigenvalue weighted by atomic mass is 10.2. The Kier molecular flexibility index (Phi) is 4.30. The first kappa shape index (κ1) is 14.5. The molecule has 1 heterocycles. The Morgan fingerprint density at radius 2 is 1.64 bits per heavy atom. The van der Waals surface area contributed by atoms with Crippen LogP contribution in [0.4, 0.5) is 0 Å². The van der Waals surface area contributed by atoms with Crippen LogP contribution >= 0.6 is 0 Å². The molecule has 3 rings (SSSR count). The van der Waals surface area contributed by atoms with E-state index in [4.69, 9.17) is 4.74 Å². The van der Waals surface area contributed by atoms with Gasteiger partial charge in [0.1, 0.15) is 6.61 Å². The van der Waals surface area contributed by atoms with E-state index in [9.17, 15) is 0 Å². The molecule has 0 spiro atoms. The maximum absolute atomic E-state index is 5.90. The summed E-state index contributed by atoms with van der Waals surface area (Å²) in [6.45, 7) is 1.45. The minimum Gasteiger partial charge on any atom is -0.476 e. The number of likely N-dealkylation sites (N-methyl/N-ethyl adjacent to an activating group) is 1. The van der Waals surface area contributed by atoms with Crippen LogP contribution in [0.25, 0.3) is 22.3 Å². The topological polar surface area (TPSA) is 38.2 Å². The zero-order valence-electron chi connectivity index (χ0n) is 12.9. The number of hydrogen-bond acceptors (Lipinski definition) is 4. The normalized spacial score (nSPS) is 11.0. The molecule has 0 aliphatic carbocycles. The first-order valence-electron chi connectivity index (χ1n) is 7.34. The fraction of sp³-hybridized carbons (Fsp3) is 0.222. The largest absolute Gasteiger partial charge is 0.476 e. The zero-order chi connectivity index (χ0) is 15.4. The molecule has 2 aromatic carbocycles. The summed E-state index contributed by atoms with van der Waals surface area (Å²) >= 11 is 0. The molecule has 4 heteroatoms. The molecular weight excluding hydrogens is 274 g/mol. The van der Waals surface area contributed by atoms with Crippen LogP contribution < -0.4 is 4.74 Å². The molecule has 0 N–H and O–H groups in total. The van der Waals surface area contributed by atoms with Crippen LogP contribution in [0, 0.1) is 0 Å². The lowest BCUT2D eigenvalue weighted by molar-refractivity contribution is 0.256. The molecular formula is C18H19N3O. The number of ether oxygens (including phenoxy) is 1. The summed E-state index contributed by atoms with van der Waals surface area (Å²) in [5, 5.41) is 0.945. The van der Waals surface area contributed by atoms with E-state index in [1.807, 2.05) is 68.7 Å². The summed E-state index contributed by atoms with van der Waals surface area (Å²) in [5.74, 6) is 1.34. The Bertz CT molecular complexity index is 757. The Morgan fingerprint density at radius 1 is 0.909 bits per heavy atom. The Morgan fingerprint density at radius 3 is 2.41 bits per heavy atom. The fourth-order valence-corrected chi connectivity index (χ4v) is 2.20. The minimum absolute atomic E-state index is 0.599. The predicted molar refractivity (Wildman–Crippen MR) is 89.0 cm³/mol. The third kappa shape index (κ3) is 3.23. The minimum atomic E-state index is 0.599. The summed E-state index contributed by atoms with van der Waals surface area (Å²) in [6, 6.07) is 17.9. The van der Waals surface area contributed by atoms with Crippen molar-refractivity contribution < 1.29 is 4.74 Å². The van der Waals surface area contributed by atoms with E-state index in [1.165, 1.54) is 0 Å². The number of hydrogen-bond donors (Lipinski definition) is 0. The van der Waals surface area contributed by atoms with Gasteiger partial charge in [-0.05, 0) is 26.2 Å². The molecule has 0 aliphatic rings. The summed E-state index contributed by atoms with van der Waals surface area (Å²) < 4.78 is 5.90. The summed E-state index contributed by atoms with van der Waals surface area (Å²) in [6.07, 6.45) is 0. The molecule has 1 aromatic heterocycles. The van der Waals surface area contributed by atoms with Crippen LogP contribution in [0.2, 0.25) is 0 Å². The average molecular weight is 293 g/mol. The van der Waals surface area contributed by atoms with Crippen molar-refractivity contribution in [1.82, 2.24) is 14.9 Å². The van der Waals surface area contributed by atoms with Gasteiger partial charge in [0.25, 0.3) is 0 Å². The second kappa shape index (κ2) is 6.54. The van der Waals surface area contributed by atoms with Crippen LogP contribution in [0.5, 0.6) is 5.88 Å². The van der Waals surface area contributed by atoms with Crippen molar-refractivity contribution in [3.8, 4) is 17.3 Å². The molecule has 0 aliphatic heterocycles. The highest BCUT2D eigenvalue weighted by Gasteiger charge is 2.10. The second-order valence-electron chi connectivity index (χ2n) is 5.39. The van der Waals surface area contributed by atoms with Gasteiger partial charge in [0.2, 0.25) is 5.88 Å². The smallest absolute Gasteiger partial charge is 0.225 e. The predicted octanol–water partition coefficient (Wildman–Crippen LogP) is 3.24.